The summed E-state index contributed by atoms with van der Waals surface area (Å²) in [5.74, 6) is -63.0. The molecule has 0 saturated heterocycles. The molecule has 2 aromatic rings. The highest BCUT2D eigenvalue weighted by molar-refractivity contribution is 7.92. The number of sulfonamides is 2. The van der Waals surface area contributed by atoms with Crippen LogP contribution in [0.5, 0.6) is 0 Å². The predicted molar refractivity (Wildman–Crippen MR) is 124 cm³/mol. The van der Waals surface area contributed by atoms with Crippen molar-refractivity contribution in [2.24, 2.45) is 5.14 Å². The molecule has 8 nitrogen and oxygen atoms in total. The predicted octanol–water partition coefficient (Wildman–Crippen LogP) is 6.08. The minimum absolute atomic E-state index is 0.224. The SMILES string of the molecule is NS(=O)(=O)c1cccc(NS(=O)(=O)c2ccc(NC(=O)C(F)(F)C(F)(F)C(F)(F)C(F)(F)C(F)(F)C(F)(F)C(F)(F)C(F)(F)F)cc2)c1. The van der Waals surface area contributed by atoms with E-state index in [2.05, 4.69) is 0 Å². The number of anilines is 2. The van der Waals surface area contributed by atoms with Crippen LogP contribution in [0.2, 0.25) is 0 Å². The average molecular weight is 773 g/mol. The Morgan fingerprint density at radius 1 is 0.542 bits per heavy atom. The molecule has 4 N–H and O–H groups in total. The fourth-order valence-corrected chi connectivity index (χ4v) is 4.79. The summed E-state index contributed by atoms with van der Waals surface area (Å²) in [6.07, 6.45) is -7.92. The van der Waals surface area contributed by atoms with E-state index in [4.69, 9.17) is 5.14 Å². The highest BCUT2D eigenvalue weighted by Gasteiger charge is 2.95. The van der Waals surface area contributed by atoms with Gasteiger partial charge in [0.15, 0.2) is 0 Å². The van der Waals surface area contributed by atoms with Gasteiger partial charge >= 0.3 is 53.5 Å². The lowest BCUT2D eigenvalue weighted by Crippen LogP contribution is -2.75. The van der Waals surface area contributed by atoms with E-state index in [1.807, 2.05) is 0 Å². The molecule has 2 rings (SSSR count). The maximum absolute atomic E-state index is 14.1. The van der Waals surface area contributed by atoms with Crippen molar-refractivity contribution in [3.63, 3.8) is 0 Å². The molecule has 0 bridgehead atoms. The number of hydrogen-bond donors (Lipinski definition) is 3. The van der Waals surface area contributed by atoms with Crippen molar-refractivity contribution in [3.8, 4) is 0 Å². The number of hydrogen-bond acceptors (Lipinski definition) is 5. The van der Waals surface area contributed by atoms with E-state index in [1.165, 1.54) is 0 Å². The molecule has 27 heteroatoms. The Hall–Kier alpha value is -3.62. The van der Waals surface area contributed by atoms with Crippen LogP contribution in [-0.4, -0.2) is 70.4 Å². The highest BCUT2D eigenvalue weighted by atomic mass is 32.2. The fraction of sp³-hybridized carbons (Fsp3) is 0.381. The number of carbonyl (C=O) groups excluding carboxylic acids is 1. The van der Waals surface area contributed by atoms with E-state index in [9.17, 15) is 96.3 Å². The van der Waals surface area contributed by atoms with Crippen molar-refractivity contribution >= 4 is 37.3 Å². The summed E-state index contributed by atoms with van der Waals surface area (Å²) in [5.41, 5.74) is -1.73. The molecular formula is C21H12F17N3O5S2. The van der Waals surface area contributed by atoms with Gasteiger partial charge in [-0.15, -0.1) is 0 Å². The standard InChI is InChI=1S/C21H12F17N3O5S2/c22-14(23,15(24,25)16(26,27)17(28,29)18(30,31)19(32,33)20(34,35)21(36,37)38)13(42)40-9-4-6-11(7-5-9)48(45,46)41-10-2-1-3-12(8-10)47(39,43)44/h1-8,41H,(H,40,42)(H2,39,43,44). The van der Waals surface area contributed by atoms with Gasteiger partial charge in [0, 0.05) is 5.69 Å². The van der Waals surface area contributed by atoms with Crippen LogP contribution in [0, 0.1) is 0 Å². The maximum atomic E-state index is 14.1. The van der Waals surface area contributed by atoms with Crippen LogP contribution in [0.3, 0.4) is 0 Å². The fourth-order valence-electron chi connectivity index (χ4n) is 3.18. The molecule has 272 valence electrons. The van der Waals surface area contributed by atoms with Crippen LogP contribution < -0.4 is 15.2 Å². The third kappa shape index (κ3) is 6.41. The molecular weight excluding hydrogens is 761 g/mol. The molecule has 0 fully saturated rings. The first-order valence-electron chi connectivity index (χ1n) is 11.3. The molecule has 0 aromatic heterocycles. The van der Waals surface area contributed by atoms with Crippen LogP contribution >= 0.6 is 0 Å². The topological polar surface area (TPSA) is 135 Å². The van der Waals surface area contributed by atoms with Crippen molar-refractivity contribution in [3.05, 3.63) is 48.5 Å². The number of rotatable bonds is 12. The molecule has 0 aliphatic heterocycles. The average Bonchev–Trinajstić information content (AvgIpc) is 2.91. The van der Waals surface area contributed by atoms with E-state index in [0.717, 1.165) is 18.2 Å². The molecule has 1 amide bonds. The number of primary sulfonamides is 1. The molecule has 0 heterocycles. The lowest BCUT2D eigenvalue weighted by Gasteiger charge is -2.42. The molecule has 0 unspecified atom stereocenters. The molecule has 0 saturated carbocycles. The van der Waals surface area contributed by atoms with Crippen LogP contribution in [0.15, 0.2) is 58.3 Å². The van der Waals surface area contributed by atoms with Crippen LogP contribution in [-0.2, 0) is 24.8 Å². The second-order valence-electron chi connectivity index (χ2n) is 9.18. The Bertz CT molecular complexity index is 1760. The number of carbonyl (C=O) groups is 1. The lowest BCUT2D eigenvalue weighted by molar-refractivity contribution is -0.459. The quantitative estimate of drug-likeness (QED) is 0.225. The summed E-state index contributed by atoms with van der Waals surface area (Å²) in [6.45, 7) is 0. The smallest absolute Gasteiger partial charge is 0.321 e. The number of nitrogens with two attached hydrogens (primary N) is 1. The molecule has 48 heavy (non-hydrogen) atoms. The van der Waals surface area contributed by atoms with Crippen LogP contribution in [0.4, 0.5) is 86.0 Å². The largest absolute Gasteiger partial charge is 0.460 e. The zero-order valence-corrected chi connectivity index (χ0v) is 23.6. The van der Waals surface area contributed by atoms with Crippen molar-refractivity contribution in [2.75, 3.05) is 10.0 Å². The van der Waals surface area contributed by atoms with Gasteiger partial charge in [0.05, 0.1) is 15.5 Å². The second-order valence-corrected chi connectivity index (χ2v) is 12.4. The van der Waals surface area contributed by atoms with Gasteiger partial charge in [-0.05, 0) is 42.5 Å². The monoisotopic (exact) mass is 773 g/mol. The summed E-state index contributed by atoms with van der Waals surface area (Å²) in [7, 11) is -9.11. The minimum atomic E-state index is -8.87. The summed E-state index contributed by atoms with van der Waals surface area (Å²) in [6, 6.07) is 4.80. The highest BCUT2D eigenvalue weighted by Crippen LogP contribution is 2.64. The molecule has 0 radical (unpaired) electrons. The first kappa shape index (κ1) is 40.6. The Morgan fingerprint density at radius 3 is 1.38 bits per heavy atom. The van der Waals surface area contributed by atoms with Gasteiger partial charge < -0.3 is 5.32 Å². The summed E-state index contributed by atoms with van der Waals surface area (Å²) in [4.78, 5) is 10.2. The van der Waals surface area contributed by atoms with Crippen LogP contribution in [0.1, 0.15) is 0 Å². The molecule has 2 aromatic carbocycles. The van der Waals surface area contributed by atoms with E-state index >= 15 is 0 Å². The number of benzene rings is 2. The van der Waals surface area contributed by atoms with Crippen LogP contribution in [0.25, 0.3) is 0 Å². The Balaban J connectivity index is 2.40. The lowest BCUT2D eigenvalue weighted by atomic mass is 9.89. The first-order valence-corrected chi connectivity index (χ1v) is 14.4. The van der Waals surface area contributed by atoms with Crippen molar-refractivity contribution in [2.45, 2.75) is 57.4 Å². The van der Waals surface area contributed by atoms with E-state index in [0.29, 0.717) is 23.5 Å². The van der Waals surface area contributed by atoms with E-state index in [1.54, 1.807) is 4.72 Å². The van der Waals surface area contributed by atoms with E-state index < -0.39 is 94.8 Å². The normalized spacial score (nSPS) is 14.9. The Labute approximate surface area is 255 Å². The minimum Gasteiger partial charge on any atom is -0.321 e. The van der Waals surface area contributed by atoms with Gasteiger partial charge in [0.25, 0.3) is 10.0 Å². The summed E-state index contributed by atoms with van der Waals surface area (Å²) >= 11 is 0. The summed E-state index contributed by atoms with van der Waals surface area (Å²) < 4.78 is 277. The van der Waals surface area contributed by atoms with Crippen molar-refractivity contribution in [1.29, 1.82) is 0 Å². The van der Waals surface area contributed by atoms with E-state index in [-0.39, 0.29) is 12.1 Å². The number of alkyl halides is 17. The number of nitrogens with one attached hydrogen (secondary N) is 2. The van der Waals surface area contributed by atoms with Crippen molar-refractivity contribution in [1.82, 2.24) is 0 Å². The first-order chi connectivity index (χ1) is 21.0. The van der Waals surface area contributed by atoms with Gasteiger partial charge in [-0.2, -0.15) is 74.6 Å². The molecule has 0 aliphatic rings. The van der Waals surface area contributed by atoms with Gasteiger partial charge in [-0.25, -0.2) is 22.0 Å². The molecule has 0 spiro atoms. The zero-order chi connectivity index (χ0) is 38.0. The van der Waals surface area contributed by atoms with Gasteiger partial charge in [0.1, 0.15) is 0 Å². The third-order valence-corrected chi connectivity index (χ3v) is 8.15. The third-order valence-electron chi connectivity index (χ3n) is 5.84. The molecule has 0 aliphatic carbocycles. The Kier molecular flexibility index (Phi) is 9.94. The maximum Gasteiger partial charge on any atom is 0.460 e. The van der Waals surface area contributed by atoms with Gasteiger partial charge in [0.2, 0.25) is 10.0 Å². The second kappa shape index (κ2) is 11.8. The Morgan fingerprint density at radius 2 is 0.958 bits per heavy atom. The van der Waals surface area contributed by atoms with Gasteiger partial charge in [-0.3, -0.25) is 9.52 Å². The number of amides is 1. The summed E-state index contributed by atoms with van der Waals surface area (Å²) in [5, 5.41) is 5.51. The van der Waals surface area contributed by atoms with Gasteiger partial charge in [-0.1, -0.05) is 6.07 Å². The zero-order valence-electron chi connectivity index (χ0n) is 22.0. The molecule has 0 atom stereocenters. The van der Waals surface area contributed by atoms with Crippen molar-refractivity contribution < 1.29 is 96.3 Å². The number of halogens is 17.